The molecule has 1 unspecified atom stereocenters. The van der Waals surface area contributed by atoms with Crippen molar-refractivity contribution in [1.29, 1.82) is 0 Å². The number of fused-ring (bicyclic) bond motifs is 2. The molecule has 2 aliphatic rings. The van der Waals surface area contributed by atoms with Crippen LogP contribution in [0.15, 0.2) is 34.9 Å². The fourth-order valence-corrected chi connectivity index (χ4v) is 5.28. The van der Waals surface area contributed by atoms with E-state index in [0.29, 0.717) is 28.2 Å². The third-order valence-electron chi connectivity index (χ3n) is 5.91. The summed E-state index contributed by atoms with van der Waals surface area (Å²) in [6.45, 7) is -0.763. The van der Waals surface area contributed by atoms with E-state index < -0.39 is 75.7 Å². The zero-order valence-electron chi connectivity index (χ0n) is 17.5. The number of benzene rings is 2. The molecule has 2 fully saturated rings. The van der Waals surface area contributed by atoms with E-state index in [-0.39, 0.29) is 16.5 Å². The number of nitrogens with zero attached hydrogens (tertiary/aromatic N) is 3. The maximum Gasteiger partial charge on any atom is 0.328 e. The molecule has 15 heteroatoms. The predicted octanol–water partition coefficient (Wildman–Crippen LogP) is 2.41. The molecule has 2 aromatic carbocycles. The number of alkyl halides is 2. The fraction of sp³-hybridized carbons (Fsp3) is 0.300. The quantitative estimate of drug-likeness (QED) is 0.513. The Kier molecular flexibility index (Phi) is 5.09. The molecule has 9 nitrogen and oxygen atoms in total. The molecular formula is C20H15F5N4O5S. The Bertz CT molecular complexity index is 1460. The standard InChI is InChI=1S/C20H15F5N4O5S/c1-35(32,33)27-13-7-28-16(20(13,24)25)18(30)29(19(28)31)17-15-9(3-2-4-12(15)34-26-17)14-10(22)5-8(21)6-11(14)23/h2-6,13,16,18,27,30H,7H2,1H3/t13-,16-,18?/m1/s1. The molecule has 186 valence electrons. The van der Waals surface area contributed by atoms with E-state index in [2.05, 4.69) is 5.16 Å². The molecule has 3 heterocycles. The number of rotatable bonds is 4. The first-order chi connectivity index (χ1) is 16.3. The Balaban J connectivity index is 1.62. The van der Waals surface area contributed by atoms with Crippen LogP contribution in [0.4, 0.5) is 32.6 Å². The van der Waals surface area contributed by atoms with Crippen molar-refractivity contribution in [3.8, 4) is 11.1 Å². The van der Waals surface area contributed by atoms with Crippen LogP contribution in [0, 0.1) is 17.5 Å². The summed E-state index contributed by atoms with van der Waals surface area (Å²) in [7, 11) is -4.07. The van der Waals surface area contributed by atoms with Gasteiger partial charge in [-0.15, -0.1) is 0 Å². The highest BCUT2D eigenvalue weighted by Gasteiger charge is 2.67. The average Bonchev–Trinajstić information content (AvgIpc) is 3.33. The predicted molar refractivity (Wildman–Crippen MR) is 110 cm³/mol. The second-order valence-electron chi connectivity index (χ2n) is 8.21. The first-order valence-electron chi connectivity index (χ1n) is 9.97. The van der Waals surface area contributed by atoms with Crippen LogP contribution in [0.2, 0.25) is 0 Å². The number of aliphatic hydroxyl groups is 1. The molecule has 2 saturated heterocycles. The maximum absolute atomic E-state index is 15.0. The van der Waals surface area contributed by atoms with Gasteiger partial charge in [-0.2, -0.15) is 0 Å². The highest BCUT2D eigenvalue weighted by molar-refractivity contribution is 7.88. The van der Waals surface area contributed by atoms with Gasteiger partial charge in [-0.25, -0.2) is 44.8 Å². The summed E-state index contributed by atoms with van der Waals surface area (Å²) >= 11 is 0. The van der Waals surface area contributed by atoms with Crippen LogP contribution in [-0.4, -0.2) is 66.6 Å². The highest BCUT2D eigenvalue weighted by Crippen LogP contribution is 2.46. The maximum atomic E-state index is 15.0. The topological polar surface area (TPSA) is 116 Å². The lowest BCUT2D eigenvalue weighted by Gasteiger charge is -2.26. The number of carbonyl (C=O) groups excluding carboxylic acids is 1. The molecule has 3 atom stereocenters. The summed E-state index contributed by atoms with van der Waals surface area (Å²) in [5.41, 5.74) is -1.02. The van der Waals surface area contributed by atoms with E-state index >= 15 is 8.78 Å². The lowest BCUT2D eigenvalue weighted by molar-refractivity contribution is -0.0688. The zero-order chi connectivity index (χ0) is 25.4. The zero-order valence-corrected chi connectivity index (χ0v) is 18.4. The molecule has 0 bridgehead atoms. The van der Waals surface area contributed by atoms with Crippen molar-refractivity contribution in [3.05, 3.63) is 47.8 Å². The number of amides is 2. The van der Waals surface area contributed by atoms with Gasteiger partial charge in [0.15, 0.2) is 17.6 Å². The minimum atomic E-state index is -4.07. The van der Waals surface area contributed by atoms with Gasteiger partial charge in [0, 0.05) is 24.2 Å². The number of hydrogen-bond donors (Lipinski definition) is 2. The third kappa shape index (κ3) is 3.52. The van der Waals surface area contributed by atoms with Crippen molar-refractivity contribution in [2.45, 2.75) is 24.2 Å². The molecule has 5 rings (SSSR count). The van der Waals surface area contributed by atoms with Crippen LogP contribution < -0.4 is 9.62 Å². The number of hydrogen-bond acceptors (Lipinski definition) is 6. The van der Waals surface area contributed by atoms with Gasteiger partial charge < -0.3 is 14.5 Å². The lowest BCUT2D eigenvalue weighted by atomic mass is 10.00. The number of sulfonamides is 1. The van der Waals surface area contributed by atoms with Crippen molar-refractivity contribution in [2.24, 2.45) is 0 Å². The Morgan fingerprint density at radius 3 is 2.46 bits per heavy atom. The van der Waals surface area contributed by atoms with Crippen molar-refractivity contribution in [1.82, 2.24) is 14.8 Å². The van der Waals surface area contributed by atoms with E-state index in [1.807, 2.05) is 0 Å². The van der Waals surface area contributed by atoms with Crippen LogP contribution in [0.25, 0.3) is 22.1 Å². The minimum absolute atomic E-state index is 0.101. The van der Waals surface area contributed by atoms with Crippen molar-refractivity contribution in [2.75, 3.05) is 17.7 Å². The number of aliphatic hydroxyl groups excluding tert-OH is 1. The van der Waals surface area contributed by atoms with Crippen LogP contribution >= 0.6 is 0 Å². The Morgan fingerprint density at radius 2 is 1.86 bits per heavy atom. The summed E-state index contributed by atoms with van der Waals surface area (Å²) in [6.07, 6.45) is -1.55. The molecule has 0 aliphatic carbocycles. The Hall–Kier alpha value is -3.30. The molecule has 2 aliphatic heterocycles. The van der Waals surface area contributed by atoms with Crippen LogP contribution in [0.5, 0.6) is 0 Å². The number of halogens is 5. The molecule has 0 saturated carbocycles. The number of urea groups is 1. The summed E-state index contributed by atoms with van der Waals surface area (Å²) in [6, 6.07) is -0.559. The Labute approximate surface area is 193 Å². The largest absolute Gasteiger partial charge is 0.371 e. The molecule has 2 N–H and O–H groups in total. The normalized spacial score (nSPS) is 24.0. The van der Waals surface area contributed by atoms with E-state index in [4.69, 9.17) is 4.52 Å². The monoisotopic (exact) mass is 518 g/mol. The van der Waals surface area contributed by atoms with Crippen LogP contribution in [0.1, 0.15) is 0 Å². The summed E-state index contributed by atoms with van der Waals surface area (Å²) in [4.78, 5) is 14.1. The molecular weight excluding hydrogens is 503 g/mol. The van der Waals surface area contributed by atoms with Gasteiger partial charge in [-0.3, -0.25) is 0 Å². The molecule has 35 heavy (non-hydrogen) atoms. The van der Waals surface area contributed by atoms with E-state index in [1.165, 1.54) is 18.2 Å². The second kappa shape index (κ2) is 7.60. The van der Waals surface area contributed by atoms with Crippen molar-refractivity contribution in [3.63, 3.8) is 0 Å². The van der Waals surface area contributed by atoms with Gasteiger partial charge >= 0.3 is 6.03 Å². The molecule has 3 aromatic rings. The van der Waals surface area contributed by atoms with Crippen molar-refractivity contribution >= 4 is 32.8 Å². The van der Waals surface area contributed by atoms with Gasteiger partial charge in [0.1, 0.15) is 29.5 Å². The highest BCUT2D eigenvalue weighted by atomic mass is 32.2. The van der Waals surface area contributed by atoms with E-state index in [9.17, 15) is 31.5 Å². The van der Waals surface area contributed by atoms with Crippen LogP contribution in [-0.2, 0) is 10.0 Å². The summed E-state index contributed by atoms with van der Waals surface area (Å²) in [5.74, 6) is -8.12. The van der Waals surface area contributed by atoms with Gasteiger partial charge in [-0.05, 0) is 6.07 Å². The van der Waals surface area contributed by atoms with E-state index in [0.717, 1.165) is 0 Å². The minimum Gasteiger partial charge on any atom is -0.371 e. The second-order valence-corrected chi connectivity index (χ2v) is 9.99. The number of aromatic nitrogens is 1. The lowest BCUT2D eigenvalue weighted by Crippen LogP contribution is -2.53. The fourth-order valence-electron chi connectivity index (χ4n) is 4.53. The average molecular weight is 518 g/mol. The number of carbonyl (C=O) groups is 1. The van der Waals surface area contributed by atoms with Gasteiger partial charge in [-0.1, -0.05) is 17.3 Å². The summed E-state index contributed by atoms with van der Waals surface area (Å²) < 4.78 is 102. The third-order valence-corrected chi connectivity index (χ3v) is 6.63. The van der Waals surface area contributed by atoms with E-state index in [1.54, 1.807) is 4.72 Å². The Morgan fingerprint density at radius 1 is 1.20 bits per heavy atom. The number of anilines is 1. The molecule has 1 aromatic heterocycles. The smallest absolute Gasteiger partial charge is 0.328 e. The first-order valence-corrected chi connectivity index (χ1v) is 11.9. The van der Waals surface area contributed by atoms with Crippen molar-refractivity contribution < 1.29 is 44.8 Å². The molecule has 0 spiro atoms. The SMILES string of the molecule is CS(=O)(=O)N[C@@H]1CN2C(=O)N(c3noc4cccc(-c5c(F)cc(F)cc5F)c34)C(O)[C@@H]2C1(F)F. The van der Waals surface area contributed by atoms with Gasteiger partial charge in [0.2, 0.25) is 10.0 Å². The van der Waals surface area contributed by atoms with Crippen LogP contribution in [0.3, 0.4) is 0 Å². The number of nitrogens with one attached hydrogen (secondary N) is 1. The first kappa shape index (κ1) is 23.4. The summed E-state index contributed by atoms with van der Waals surface area (Å²) in [5, 5.41) is 14.2. The molecule has 2 amide bonds. The van der Waals surface area contributed by atoms with Gasteiger partial charge in [0.05, 0.1) is 17.2 Å². The molecule has 0 radical (unpaired) electrons. The van der Waals surface area contributed by atoms with Gasteiger partial charge in [0.25, 0.3) is 5.92 Å².